The zero-order chi connectivity index (χ0) is 22.2. The molecule has 1 N–H and O–H groups in total. The lowest BCUT2D eigenvalue weighted by molar-refractivity contribution is 0.539. The van der Waals surface area contributed by atoms with Crippen molar-refractivity contribution in [3.8, 4) is 0 Å². The number of hydrogen-bond donors (Lipinski definition) is 1. The molecule has 2 aliphatic rings. The Morgan fingerprint density at radius 2 is 1.97 bits per heavy atom. The van der Waals surface area contributed by atoms with Crippen molar-refractivity contribution in [3.63, 3.8) is 0 Å². The molecule has 2 aliphatic heterocycles. The fourth-order valence-electron chi connectivity index (χ4n) is 4.24. The number of fused-ring (bicyclic) bond motifs is 1. The molecule has 0 aliphatic carbocycles. The molecule has 1 unspecified atom stereocenters. The second kappa shape index (κ2) is 8.67. The topological polar surface area (TPSA) is 61.4 Å². The highest BCUT2D eigenvalue weighted by Crippen LogP contribution is 2.33. The van der Waals surface area contributed by atoms with Gasteiger partial charge >= 0.3 is 0 Å². The fraction of sp³-hybridized carbons (Fsp3) is 0.304. The first kappa shape index (κ1) is 21.2. The van der Waals surface area contributed by atoms with E-state index in [2.05, 4.69) is 22.0 Å². The van der Waals surface area contributed by atoms with Crippen LogP contribution in [0, 0.1) is 5.82 Å². The molecule has 6 nitrogen and oxygen atoms in total. The highest BCUT2D eigenvalue weighted by molar-refractivity contribution is 7.85. The predicted molar refractivity (Wildman–Crippen MR) is 127 cm³/mol. The first-order valence-corrected chi connectivity index (χ1v) is 12.3. The van der Waals surface area contributed by atoms with E-state index < -0.39 is 10.8 Å². The molecule has 0 spiro atoms. The molecule has 5 rings (SSSR count). The number of benzene rings is 2. The number of nitrogens with zero attached hydrogens (tertiary/aromatic N) is 4. The van der Waals surface area contributed by atoms with Gasteiger partial charge in [-0.3, -0.25) is 4.21 Å². The summed E-state index contributed by atoms with van der Waals surface area (Å²) < 4.78 is 26.3. The third-order valence-electron chi connectivity index (χ3n) is 5.84. The largest absolute Gasteiger partial charge is 0.368 e. The summed E-state index contributed by atoms with van der Waals surface area (Å²) in [6.45, 7) is 4.55. The first-order valence-electron chi connectivity index (χ1n) is 10.6. The van der Waals surface area contributed by atoms with Crippen LogP contribution in [0.5, 0.6) is 0 Å². The Kier molecular flexibility index (Phi) is 5.73. The molecule has 166 valence electrons. The van der Waals surface area contributed by atoms with Crippen molar-refractivity contribution < 1.29 is 8.60 Å². The summed E-state index contributed by atoms with van der Waals surface area (Å²) in [6, 6.07) is 14.2. The van der Waals surface area contributed by atoms with Crippen LogP contribution < -0.4 is 15.1 Å². The highest BCUT2D eigenvalue weighted by Gasteiger charge is 2.31. The maximum Gasteiger partial charge on any atom is 0.227 e. The van der Waals surface area contributed by atoms with Crippen LogP contribution in [0.2, 0.25) is 5.02 Å². The Balaban J connectivity index is 1.42. The summed E-state index contributed by atoms with van der Waals surface area (Å²) in [5.41, 5.74) is 2.51. The van der Waals surface area contributed by atoms with Gasteiger partial charge in [-0.05, 0) is 49.4 Å². The summed E-state index contributed by atoms with van der Waals surface area (Å²) in [5, 5.41) is 3.90. The number of piperazine rings is 1. The number of aromatic nitrogens is 2. The van der Waals surface area contributed by atoms with Gasteiger partial charge in [0.25, 0.3) is 0 Å². The number of nitrogens with one attached hydrogen (secondary N) is 1. The lowest BCUT2D eigenvalue weighted by atomic mass is 10.1. The van der Waals surface area contributed by atoms with Crippen LogP contribution in [0.1, 0.15) is 12.6 Å². The molecule has 0 amide bonds. The maximum absolute atomic E-state index is 13.7. The van der Waals surface area contributed by atoms with Gasteiger partial charge < -0.3 is 15.1 Å². The number of halogens is 2. The number of anilines is 4. The zero-order valence-corrected chi connectivity index (χ0v) is 19.2. The van der Waals surface area contributed by atoms with Gasteiger partial charge in [-0.25, -0.2) is 9.37 Å². The lowest BCUT2D eigenvalue weighted by Gasteiger charge is -2.41. The summed E-state index contributed by atoms with van der Waals surface area (Å²) in [5.74, 6) is 1.31. The number of rotatable bonds is 4. The molecule has 1 saturated heterocycles. The van der Waals surface area contributed by atoms with E-state index in [9.17, 15) is 8.60 Å². The van der Waals surface area contributed by atoms with E-state index in [4.69, 9.17) is 21.6 Å². The molecule has 2 atom stereocenters. The second-order valence-corrected chi connectivity index (χ2v) is 9.99. The normalized spacial score (nSPS) is 20.3. The molecule has 3 aromatic rings. The van der Waals surface area contributed by atoms with Crippen molar-refractivity contribution in [2.24, 2.45) is 0 Å². The highest BCUT2D eigenvalue weighted by atomic mass is 35.5. The Morgan fingerprint density at radius 3 is 2.72 bits per heavy atom. The van der Waals surface area contributed by atoms with E-state index in [0.29, 0.717) is 34.5 Å². The molecule has 1 fully saturated rings. The van der Waals surface area contributed by atoms with Crippen LogP contribution in [-0.4, -0.2) is 45.6 Å². The third-order valence-corrected chi connectivity index (χ3v) is 7.55. The summed E-state index contributed by atoms with van der Waals surface area (Å²) in [7, 11) is -1.16. The fourth-order valence-corrected chi connectivity index (χ4v) is 5.67. The summed E-state index contributed by atoms with van der Waals surface area (Å²) in [4.78, 5) is 14.7. The number of hydrogen-bond acceptors (Lipinski definition) is 6. The first-order chi connectivity index (χ1) is 15.5. The van der Waals surface area contributed by atoms with Crippen LogP contribution >= 0.6 is 11.6 Å². The Bertz CT molecular complexity index is 1180. The third kappa shape index (κ3) is 4.17. The maximum atomic E-state index is 13.7. The van der Waals surface area contributed by atoms with E-state index >= 15 is 0 Å². The van der Waals surface area contributed by atoms with Crippen molar-refractivity contribution >= 4 is 45.5 Å². The average molecular weight is 472 g/mol. The predicted octanol–water partition coefficient (Wildman–Crippen LogP) is 4.39. The standard InChI is InChI=1S/C23H23ClFN5OS/c1-15-14-29(19-7-5-16(24)6-8-19)10-11-30(15)23-27-20-9-12-32(31)21(20)22(28-23)26-18-4-2-3-17(25)13-18/h2-8,13,15H,9-12,14H2,1H3,(H,26,27,28)/t15-,32?/m0/s1. The van der Waals surface area contributed by atoms with E-state index in [1.54, 1.807) is 12.1 Å². The Labute approximate surface area is 193 Å². The van der Waals surface area contributed by atoms with Gasteiger partial charge in [0, 0.05) is 54.2 Å². The minimum Gasteiger partial charge on any atom is -0.368 e. The lowest BCUT2D eigenvalue weighted by Crippen LogP contribution is -2.52. The molecule has 3 heterocycles. The Hall–Kier alpha value is -2.71. The van der Waals surface area contributed by atoms with Gasteiger partial charge in [-0.1, -0.05) is 17.7 Å². The number of aryl methyl sites for hydroxylation is 1. The van der Waals surface area contributed by atoms with Crippen LogP contribution in [0.3, 0.4) is 0 Å². The summed E-state index contributed by atoms with van der Waals surface area (Å²) >= 11 is 6.03. The Morgan fingerprint density at radius 1 is 1.16 bits per heavy atom. The van der Waals surface area contributed by atoms with Crippen molar-refractivity contribution in [1.29, 1.82) is 0 Å². The molecule has 9 heteroatoms. The monoisotopic (exact) mass is 471 g/mol. The van der Waals surface area contributed by atoms with E-state index in [-0.39, 0.29) is 11.9 Å². The van der Waals surface area contributed by atoms with Crippen LogP contribution in [0.25, 0.3) is 0 Å². The molecular weight excluding hydrogens is 449 g/mol. The van der Waals surface area contributed by atoms with Gasteiger partial charge in [0.05, 0.1) is 16.5 Å². The molecule has 1 aromatic heterocycles. The smallest absolute Gasteiger partial charge is 0.227 e. The van der Waals surface area contributed by atoms with Crippen molar-refractivity contribution in [3.05, 3.63) is 65.1 Å². The van der Waals surface area contributed by atoms with Crippen LogP contribution in [-0.2, 0) is 17.2 Å². The zero-order valence-electron chi connectivity index (χ0n) is 17.6. The quantitative estimate of drug-likeness (QED) is 0.609. The van der Waals surface area contributed by atoms with Crippen molar-refractivity contribution in [2.75, 3.05) is 40.5 Å². The van der Waals surface area contributed by atoms with Gasteiger partial charge in [-0.15, -0.1) is 0 Å². The van der Waals surface area contributed by atoms with E-state index in [1.807, 2.05) is 24.3 Å². The van der Waals surface area contributed by atoms with Gasteiger partial charge in [0.15, 0.2) is 5.82 Å². The van der Waals surface area contributed by atoms with Crippen LogP contribution in [0.15, 0.2) is 53.4 Å². The second-order valence-electron chi connectivity index (χ2n) is 8.05. The molecular formula is C23H23ClFN5OS. The molecule has 0 bridgehead atoms. The SMILES string of the molecule is C[C@H]1CN(c2ccc(Cl)cc2)CCN1c1nc2c(c(Nc3cccc(F)c3)n1)S(=O)CC2. The van der Waals surface area contributed by atoms with E-state index in [1.165, 1.54) is 12.1 Å². The van der Waals surface area contributed by atoms with Gasteiger partial charge in [-0.2, -0.15) is 4.98 Å². The van der Waals surface area contributed by atoms with Crippen molar-refractivity contribution in [2.45, 2.75) is 24.3 Å². The minimum absolute atomic E-state index is 0.173. The molecule has 32 heavy (non-hydrogen) atoms. The van der Waals surface area contributed by atoms with Crippen molar-refractivity contribution in [1.82, 2.24) is 9.97 Å². The molecule has 0 radical (unpaired) electrons. The van der Waals surface area contributed by atoms with Gasteiger partial charge in [0.1, 0.15) is 10.7 Å². The summed E-state index contributed by atoms with van der Waals surface area (Å²) in [6.07, 6.45) is 0.647. The molecule has 2 aromatic carbocycles. The molecule has 0 saturated carbocycles. The van der Waals surface area contributed by atoms with Gasteiger partial charge in [0.2, 0.25) is 5.95 Å². The van der Waals surface area contributed by atoms with E-state index in [0.717, 1.165) is 36.0 Å². The average Bonchev–Trinajstić information content (AvgIpc) is 3.15. The van der Waals surface area contributed by atoms with Crippen LogP contribution in [0.4, 0.5) is 27.5 Å². The minimum atomic E-state index is -1.16.